The number of benzene rings is 2. The van der Waals surface area contributed by atoms with Crippen LogP contribution >= 0.6 is 0 Å². The molecule has 0 saturated carbocycles. The molecule has 0 saturated heterocycles. The van der Waals surface area contributed by atoms with Gasteiger partial charge in [0.15, 0.2) is 0 Å². The third-order valence-electron chi connectivity index (χ3n) is 4.02. The van der Waals surface area contributed by atoms with E-state index in [1.165, 1.54) is 10.8 Å². The zero-order valence-corrected chi connectivity index (χ0v) is 14.5. The first-order valence-corrected chi connectivity index (χ1v) is 8.42. The molecule has 2 aromatic carbocycles. The standard InChI is InChI=1S/C20H21N3O3/c1-15(26-14-17-10-6-3-7-11-17)23-13-18(19(24)22-20(23)25)21-12-16-8-4-2-5-9-16/h2-11,13,15,21H,12,14H2,1H3,(H,22,24,25). The van der Waals surface area contributed by atoms with Crippen molar-refractivity contribution in [1.29, 1.82) is 0 Å². The van der Waals surface area contributed by atoms with Crippen LogP contribution in [-0.2, 0) is 17.9 Å². The van der Waals surface area contributed by atoms with Crippen molar-refractivity contribution in [1.82, 2.24) is 9.55 Å². The van der Waals surface area contributed by atoms with Gasteiger partial charge in [-0.1, -0.05) is 60.7 Å². The number of hydrogen-bond acceptors (Lipinski definition) is 4. The summed E-state index contributed by atoms with van der Waals surface area (Å²) in [6.45, 7) is 2.63. The molecule has 6 nitrogen and oxygen atoms in total. The van der Waals surface area contributed by atoms with Crippen LogP contribution in [0.25, 0.3) is 0 Å². The Hall–Kier alpha value is -3.12. The number of anilines is 1. The maximum atomic E-state index is 12.1. The monoisotopic (exact) mass is 351 g/mol. The minimum atomic E-state index is -0.517. The third kappa shape index (κ3) is 4.49. The topological polar surface area (TPSA) is 76.1 Å². The number of aromatic nitrogens is 2. The number of ether oxygens (including phenoxy) is 1. The highest BCUT2D eigenvalue weighted by molar-refractivity contribution is 5.39. The maximum Gasteiger partial charge on any atom is 0.330 e. The molecule has 0 radical (unpaired) electrons. The molecule has 6 heteroatoms. The highest BCUT2D eigenvalue weighted by atomic mass is 16.5. The molecule has 0 bridgehead atoms. The Balaban J connectivity index is 1.72. The summed E-state index contributed by atoms with van der Waals surface area (Å²) in [7, 11) is 0. The average Bonchev–Trinajstić information content (AvgIpc) is 2.67. The van der Waals surface area contributed by atoms with Crippen LogP contribution in [-0.4, -0.2) is 9.55 Å². The molecule has 1 heterocycles. The van der Waals surface area contributed by atoms with E-state index >= 15 is 0 Å². The Labute approximate surface area is 151 Å². The molecule has 0 spiro atoms. The Morgan fingerprint density at radius 2 is 1.62 bits per heavy atom. The Morgan fingerprint density at radius 1 is 1.00 bits per heavy atom. The van der Waals surface area contributed by atoms with Crippen LogP contribution in [0.1, 0.15) is 24.3 Å². The van der Waals surface area contributed by atoms with Gasteiger partial charge >= 0.3 is 5.69 Å². The van der Waals surface area contributed by atoms with Crippen molar-refractivity contribution in [3.63, 3.8) is 0 Å². The van der Waals surface area contributed by atoms with Crippen molar-refractivity contribution >= 4 is 5.69 Å². The molecule has 0 aliphatic carbocycles. The molecule has 0 amide bonds. The first-order valence-electron chi connectivity index (χ1n) is 8.42. The highest BCUT2D eigenvalue weighted by Crippen LogP contribution is 2.11. The van der Waals surface area contributed by atoms with Gasteiger partial charge in [0.05, 0.1) is 6.61 Å². The SMILES string of the molecule is CC(OCc1ccccc1)n1cc(NCc2ccccc2)c(=O)[nH]c1=O. The zero-order valence-electron chi connectivity index (χ0n) is 14.5. The van der Waals surface area contributed by atoms with E-state index < -0.39 is 17.5 Å². The second kappa shape index (κ2) is 8.31. The van der Waals surface area contributed by atoms with Gasteiger partial charge in [0, 0.05) is 12.7 Å². The second-order valence-corrected chi connectivity index (χ2v) is 5.94. The molecule has 3 rings (SSSR count). The van der Waals surface area contributed by atoms with Crippen molar-refractivity contribution in [2.75, 3.05) is 5.32 Å². The van der Waals surface area contributed by atoms with Crippen LogP contribution in [0.4, 0.5) is 5.69 Å². The maximum absolute atomic E-state index is 12.1. The molecule has 3 aromatic rings. The fourth-order valence-electron chi connectivity index (χ4n) is 2.55. The lowest BCUT2D eigenvalue weighted by molar-refractivity contribution is 0.000938. The van der Waals surface area contributed by atoms with Gasteiger partial charge in [-0.05, 0) is 18.1 Å². The summed E-state index contributed by atoms with van der Waals surface area (Å²) in [4.78, 5) is 26.5. The number of H-pyrrole nitrogens is 1. The smallest absolute Gasteiger partial charge is 0.330 e. The van der Waals surface area contributed by atoms with E-state index in [0.717, 1.165) is 11.1 Å². The Bertz CT molecular complexity index is 949. The first-order chi connectivity index (χ1) is 12.6. The van der Waals surface area contributed by atoms with Crippen molar-refractivity contribution in [3.8, 4) is 0 Å². The number of nitrogens with zero attached hydrogens (tertiary/aromatic N) is 1. The Kier molecular flexibility index (Phi) is 5.66. The van der Waals surface area contributed by atoms with Crippen molar-refractivity contribution in [2.45, 2.75) is 26.3 Å². The summed E-state index contributed by atoms with van der Waals surface area (Å²) >= 11 is 0. The molecular weight excluding hydrogens is 330 g/mol. The van der Waals surface area contributed by atoms with Gasteiger partial charge in [-0.15, -0.1) is 0 Å². The Morgan fingerprint density at radius 3 is 2.27 bits per heavy atom. The van der Waals surface area contributed by atoms with E-state index in [1.54, 1.807) is 6.92 Å². The van der Waals surface area contributed by atoms with E-state index in [0.29, 0.717) is 18.8 Å². The number of rotatable bonds is 7. The zero-order chi connectivity index (χ0) is 18.4. The lowest BCUT2D eigenvalue weighted by atomic mass is 10.2. The molecule has 1 atom stereocenters. The fraction of sp³-hybridized carbons (Fsp3) is 0.200. The van der Waals surface area contributed by atoms with Gasteiger partial charge in [-0.2, -0.15) is 0 Å². The van der Waals surface area contributed by atoms with Gasteiger partial charge in [-0.3, -0.25) is 14.3 Å². The van der Waals surface area contributed by atoms with E-state index in [-0.39, 0.29) is 0 Å². The van der Waals surface area contributed by atoms with Crippen molar-refractivity contribution in [2.24, 2.45) is 0 Å². The van der Waals surface area contributed by atoms with Gasteiger partial charge < -0.3 is 10.1 Å². The molecule has 134 valence electrons. The van der Waals surface area contributed by atoms with E-state index in [2.05, 4.69) is 10.3 Å². The van der Waals surface area contributed by atoms with Gasteiger partial charge in [0.25, 0.3) is 5.56 Å². The largest absolute Gasteiger partial charge is 0.375 e. The summed E-state index contributed by atoms with van der Waals surface area (Å²) in [6.07, 6.45) is 0.983. The predicted molar refractivity (Wildman–Crippen MR) is 101 cm³/mol. The summed E-state index contributed by atoms with van der Waals surface area (Å²) in [5.41, 5.74) is 1.43. The minimum absolute atomic E-state index is 0.323. The summed E-state index contributed by atoms with van der Waals surface area (Å²) in [5, 5.41) is 3.07. The van der Waals surface area contributed by atoms with Crippen molar-refractivity contribution in [3.05, 3.63) is 98.8 Å². The summed E-state index contributed by atoms with van der Waals surface area (Å²) in [5.74, 6) is 0. The molecule has 1 aromatic heterocycles. The molecule has 1 unspecified atom stereocenters. The van der Waals surface area contributed by atoms with Crippen LogP contribution in [0.3, 0.4) is 0 Å². The number of hydrogen-bond donors (Lipinski definition) is 2. The minimum Gasteiger partial charge on any atom is -0.375 e. The fourth-order valence-corrected chi connectivity index (χ4v) is 2.55. The highest BCUT2D eigenvalue weighted by Gasteiger charge is 2.11. The van der Waals surface area contributed by atoms with E-state index in [4.69, 9.17) is 4.74 Å². The second-order valence-electron chi connectivity index (χ2n) is 5.94. The molecular formula is C20H21N3O3. The van der Waals surface area contributed by atoms with Crippen LogP contribution in [0.2, 0.25) is 0 Å². The quantitative estimate of drug-likeness (QED) is 0.686. The van der Waals surface area contributed by atoms with Gasteiger partial charge in [0.1, 0.15) is 11.9 Å². The van der Waals surface area contributed by atoms with Crippen LogP contribution < -0.4 is 16.6 Å². The van der Waals surface area contributed by atoms with E-state index in [9.17, 15) is 9.59 Å². The lowest BCUT2D eigenvalue weighted by Crippen LogP contribution is -2.33. The average molecular weight is 351 g/mol. The lowest BCUT2D eigenvalue weighted by Gasteiger charge is -2.17. The molecule has 0 aliphatic heterocycles. The van der Waals surface area contributed by atoms with Gasteiger partial charge in [0.2, 0.25) is 0 Å². The van der Waals surface area contributed by atoms with Crippen LogP contribution in [0, 0.1) is 0 Å². The molecule has 0 fully saturated rings. The summed E-state index contributed by atoms with van der Waals surface area (Å²) in [6, 6.07) is 19.4. The first kappa shape index (κ1) is 17.7. The summed E-state index contributed by atoms with van der Waals surface area (Å²) < 4.78 is 7.14. The third-order valence-corrected chi connectivity index (χ3v) is 4.02. The molecule has 0 aliphatic rings. The van der Waals surface area contributed by atoms with Crippen LogP contribution in [0.15, 0.2) is 76.4 Å². The van der Waals surface area contributed by atoms with Crippen LogP contribution in [0.5, 0.6) is 0 Å². The normalized spacial score (nSPS) is 11.9. The van der Waals surface area contributed by atoms with Crippen molar-refractivity contribution < 1.29 is 4.74 Å². The molecule has 26 heavy (non-hydrogen) atoms. The predicted octanol–water partition coefficient (Wildman–Crippen LogP) is 2.88. The van der Waals surface area contributed by atoms with Gasteiger partial charge in [-0.25, -0.2) is 4.79 Å². The number of aromatic amines is 1. The number of nitrogens with one attached hydrogen (secondary N) is 2. The van der Waals surface area contributed by atoms with E-state index in [1.807, 2.05) is 60.7 Å². The molecule has 2 N–H and O–H groups in total.